The lowest BCUT2D eigenvalue weighted by atomic mass is 10.1. The zero-order valence-electron chi connectivity index (χ0n) is 16.6. The molecule has 0 spiro atoms. The average molecular weight is 408 g/mol. The molecule has 1 aliphatic heterocycles. The summed E-state index contributed by atoms with van der Waals surface area (Å²) in [5.74, 6) is 0.0430. The van der Waals surface area contributed by atoms with Crippen LogP contribution in [0, 0.1) is 5.82 Å². The van der Waals surface area contributed by atoms with Crippen LogP contribution in [0.2, 0.25) is 0 Å². The molecule has 0 aliphatic carbocycles. The van der Waals surface area contributed by atoms with Crippen LogP contribution in [0.25, 0.3) is 17.2 Å². The molecule has 0 radical (unpaired) electrons. The second-order valence-corrected chi connectivity index (χ2v) is 7.02. The lowest BCUT2D eigenvalue weighted by molar-refractivity contribution is 0.0787. The minimum Gasteiger partial charge on any atom is -0.337 e. The predicted octanol–water partition coefficient (Wildman–Crippen LogP) is 2.82. The number of hydrogen-bond donors (Lipinski definition) is 0. The molecule has 4 rings (SSSR count). The summed E-state index contributed by atoms with van der Waals surface area (Å²) >= 11 is 0. The van der Waals surface area contributed by atoms with E-state index in [0.29, 0.717) is 42.7 Å². The Labute approximate surface area is 172 Å². The quantitative estimate of drug-likeness (QED) is 0.560. The van der Waals surface area contributed by atoms with Gasteiger partial charge in [0.1, 0.15) is 17.8 Å². The Balaban J connectivity index is 1.70. The monoisotopic (exact) mass is 408 g/mol. The first-order chi connectivity index (χ1) is 14.5. The van der Waals surface area contributed by atoms with Crippen LogP contribution in [0.3, 0.4) is 0 Å². The van der Waals surface area contributed by atoms with E-state index in [2.05, 4.69) is 28.3 Å². The van der Waals surface area contributed by atoms with E-state index in [1.54, 1.807) is 36.2 Å². The van der Waals surface area contributed by atoms with Crippen molar-refractivity contribution in [2.24, 2.45) is 0 Å². The molecule has 2 aromatic heterocycles. The first-order valence-corrected chi connectivity index (χ1v) is 9.40. The Morgan fingerprint density at radius 1 is 1.30 bits per heavy atom. The summed E-state index contributed by atoms with van der Waals surface area (Å²) in [6.45, 7) is 9.54. The topological polar surface area (TPSA) is 80.3 Å². The van der Waals surface area contributed by atoms with Gasteiger partial charge in [0.25, 0.3) is 5.91 Å². The Kier molecular flexibility index (Phi) is 5.28. The highest BCUT2D eigenvalue weighted by molar-refractivity contribution is 5.98. The highest BCUT2D eigenvalue weighted by Gasteiger charge is 2.28. The second-order valence-electron chi connectivity index (χ2n) is 7.02. The van der Waals surface area contributed by atoms with Gasteiger partial charge in [0.15, 0.2) is 0 Å². The van der Waals surface area contributed by atoms with Crippen molar-refractivity contribution in [2.75, 3.05) is 20.1 Å². The number of fused-ring (bicyclic) bond motifs is 3. The molecule has 9 heteroatoms. The predicted molar refractivity (Wildman–Crippen MR) is 108 cm³/mol. The van der Waals surface area contributed by atoms with E-state index in [0.717, 1.165) is 5.69 Å². The number of aromatic nitrogens is 4. The van der Waals surface area contributed by atoms with Crippen LogP contribution in [0.1, 0.15) is 21.9 Å². The number of halogens is 1. The smallest absolute Gasteiger partial charge is 0.256 e. The normalized spacial score (nSPS) is 13.2. The Morgan fingerprint density at radius 3 is 2.80 bits per heavy atom. The fraction of sp³-hybridized carbons (Fsp3) is 0.238. The Bertz CT molecular complexity index is 1110. The lowest BCUT2D eigenvalue weighted by Crippen LogP contribution is -2.25. The zero-order chi connectivity index (χ0) is 21.3. The van der Waals surface area contributed by atoms with Gasteiger partial charge in [-0.25, -0.2) is 9.37 Å². The number of nitrogens with zero attached hydrogens (tertiary/aromatic N) is 6. The van der Waals surface area contributed by atoms with Crippen LogP contribution >= 0.6 is 0 Å². The molecule has 0 atom stereocenters. The Hall–Kier alpha value is -3.59. The molecule has 0 bridgehead atoms. The number of carbonyl (C=O) groups excluding carboxylic acids is 1. The maximum absolute atomic E-state index is 13.7. The molecule has 0 saturated heterocycles. The van der Waals surface area contributed by atoms with Crippen LogP contribution < -0.4 is 0 Å². The molecule has 8 nitrogen and oxygen atoms in total. The van der Waals surface area contributed by atoms with Crippen LogP contribution in [-0.4, -0.2) is 55.5 Å². The molecule has 0 unspecified atom stereocenters. The third-order valence-electron chi connectivity index (χ3n) is 4.86. The first-order valence-electron chi connectivity index (χ1n) is 9.40. The van der Waals surface area contributed by atoms with Crippen molar-refractivity contribution in [3.05, 3.63) is 72.8 Å². The third-order valence-corrected chi connectivity index (χ3v) is 4.86. The van der Waals surface area contributed by atoms with Gasteiger partial charge in [-0.15, -0.1) is 13.2 Å². The zero-order valence-corrected chi connectivity index (χ0v) is 16.6. The van der Waals surface area contributed by atoms with Gasteiger partial charge >= 0.3 is 0 Å². The molecule has 1 amide bonds. The van der Waals surface area contributed by atoms with E-state index >= 15 is 0 Å². The van der Waals surface area contributed by atoms with E-state index in [1.165, 1.54) is 17.0 Å². The van der Waals surface area contributed by atoms with Crippen LogP contribution in [0.5, 0.6) is 0 Å². The molecule has 30 heavy (non-hydrogen) atoms. The summed E-state index contributed by atoms with van der Waals surface area (Å²) in [5, 5.41) is 4.08. The molecule has 154 valence electrons. The fourth-order valence-electron chi connectivity index (χ4n) is 3.49. The highest BCUT2D eigenvalue weighted by atomic mass is 19.1. The van der Waals surface area contributed by atoms with Gasteiger partial charge in [-0.2, -0.15) is 4.98 Å². The van der Waals surface area contributed by atoms with E-state index in [-0.39, 0.29) is 18.0 Å². The molecule has 0 fully saturated rings. The van der Waals surface area contributed by atoms with Crippen molar-refractivity contribution < 1.29 is 13.7 Å². The molecule has 3 heterocycles. The molecule has 3 aromatic rings. The SMILES string of the molecule is C=CCN(CC=C)Cc1nc(-c2ncn3c2CN(C)C(=O)c2cc(F)ccc2-3)no1. The van der Waals surface area contributed by atoms with Gasteiger partial charge < -0.3 is 9.42 Å². The number of benzene rings is 1. The minimum absolute atomic E-state index is 0.266. The number of imidazole rings is 1. The summed E-state index contributed by atoms with van der Waals surface area (Å²) < 4.78 is 20.9. The Morgan fingerprint density at radius 2 is 2.07 bits per heavy atom. The van der Waals surface area contributed by atoms with Gasteiger partial charge in [0.2, 0.25) is 11.7 Å². The van der Waals surface area contributed by atoms with E-state index in [1.807, 2.05) is 4.90 Å². The van der Waals surface area contributed by atoms with Crippen LogP contribution in [0.4, 0.5) is 4.39 Å². The summed E-state index contributed by atoms with van der Waals surface area (Å²) in [6, 6.07) is 4.13. The van der Waals surface area contributed by atoms with Crippen molar-refractivity contribution in [3.63, 3.8) is 0 Å². The van der Waals surface area contributed by atoms with Crippen molar-refractivity contribution in [1.82, 2.24) is 29.5 Å². The molecule has 1 aromatic carbocycles. The third kappa shape index (κ3) is 3.55. The van der Waals surface area contributed by atoms with Crippen molar-refractivity contribution in [1.29, 1.82) is 0 Å². The molecular weight excluding hydrogens is 387 g/mol. The van der Waals surface area contributed by atoms with Gasteiger partial charge in [0, 0.05) is 20.1 Å². The number of carbonyl (C=O) groups is 1. The number of rotatable bonds is 7. The van der Waals surface area contributed by atoms with Gasteiger partial charge in [-0.05, 0) is 18.2 Å². The molecule has 0 N–H and O–H groups in total. The van der Waals surface area contributed by atoms with Crippen molar-refractivity contribution >= 4 is 5.91 Å². The van der Waals surface area contributed by atoms with E-state index in [9.17, 15) is 9.18 Å². The highest BCUT2D eigenvalue weighted by Crippen LogP contribution is 2.29. The number of hydrogen-bond acceptors (Lipinski definition) is 6. The average Bonchev–Trinajstić information content (AvgIpc) is 3.32. The minimum atomic E-state index is -0.467. The summed E-state index contributed by atoms with van der Waals surface area (Å²) in [6.07, 6.45) is 5.18. The largest absolute Gasteiger partial charge is 0.337 e. The standard InChI is InChI=1S/C21H21FN6O2/c1-4-8-27(9-5-2)12-18-24-20(25-30-18)19-17-11-26(3)21(29)15-10-14(22)6-7-16(15)28(17)13-23-19/h4-7,10,13H,1-2,8-9,11-12H2,3H3. The van der Waals surface area contributed by atoms with Gasteiger partial charge in [-0.3, -0.25) is 14.3 Å². The number of amides is 1. The molecule has 1 aliphatic rings. The van der Waals surface area contributed by atoms with Crippen LogP contribution in [-0.2, 0) is 13.1 Å². The van der Waals surface area contributed by atoms with Crippen LogP contribution in [0.15, 0.2) is 54.4 Å². The van der Waals surface area contributed by atoms with Gasteiger partial charge in [0.05, 0.1) is 30.0 Å². The lowest BCUT2D eigenvalue weighted by Gasteiger charge is -2.15. The van der Waals surface area contributed by atoms with Crippen molar-refractivity contribution in [2.45, 2.75) is 13.1 Å². The summed E-state index contributed by atoms with van der Waals surface area (Å²) in [7, 11) is 1.66. The summed E-state index contributed by atoms with van der Waals surface area (Å²) in [4.78, 5) is 25.2. The molecule has 0 saturated carbocycles. The van der Waals surface area contributed by atoms with E-state index < -0.39 is 5.82 Å². The first kappa shape index (κ1) is 19.7. The fourth-order valence-corrected chi connectivity index (χ4v) is 3.49. The molecular formula is C21H21FN6O2. The maximum atomic E-state index is 13.7. The van der Waals surface area contributed by atoms with E-state index in [4.69, 9.17) is 4.52 Å². The van der Waals surface area contributed by atoms with Crippen molar-refractivity contribution in [3.8, 4) is 17.2 Å². The van der Waals surface area contributed by atoms with Gasteiger partial charge in [-0.1, -0.05) is 17.3 Å². The maximum Gasteiger partial charge on any atom is 0.256 e. The summed E-state index contributed by atoms with van der Waals surface area (Å²) in [5.41, 5.74) is 2.07. The second kappa shape index (κ2) is 8.03.